The van der Waals surface area contributed by atoms with Gasteiger partial charge in [-0.15, -0.1) is 0 Å². The minimum absolute atomic E-state index is 0.328. The highest BCUT2D eigenvalue weighted by Gasteiger charge is 2.45. The molecule has 1 N–H and O–H groups in total. The van der Waals surface area contributed by atoms with Crippen LogP contribution in [0.1, 0.15) is 31.4 Å². The summed E-state index contributed by atoms with van der Waals surface area (Å²) in [7, 11) is 0. The van der Waals surface area contributed by atoms with Gasteiger partial charge < -0.3 is 9.84 Å². The quantitative estimate of drug-likeness (QED) is 0.892. The smallest absolute Gasteiger partial charge is 0.326 e. The predicted molar refractivity (Wildman–Crippen MR) is 99.6 cm³/mol. The van der Waals surface area contributed by atoms with E-state index in [9.17, 15) is 14.7 Å². The molecule has 1 amide bonds. The van der Waals surface area contributed by atoms with E-state index in [-0.39, 0.29) is 5.91 Å². The number of fused-ring (bicyclic) bond motifs is 1. The second kappa shape index (κ2) is 6.83. The zero-order valence-corrected chi connectivity index (χ0v) is 15.2. The summed E-state index contributed by atoms with van der Waals surface area (Å²) < 4.78 is 5.83. The molecule has 1 aliphatic heterocycles. The van der Waals surface area contributed by atoms with Crippen LogP contribution in [0, 0.1) is 6.92 Å². The number of nitrogens with zero attached hydrogens (tertiary/aromatic N) is 1. The van der Waals surface area contributed by atoms with Gasteiger partial charge in [0.1, 0.15) is 11.8 Å². The Morgan fingerprint density at radius 3 is 2.54 bits per heavy atom. The van der Waals surface area contributed by atoms with E-state index in [0.29, 0.717) is 24.3 Å². The number of carbonyl (C=O) groups excluding carboxylic acids is 1. The molecule has 0 saturated heterocycles. The number of aliphatic carboxylic acids is 1. The maximum absolute atomic E-state index is 13.0. The van der Waals surface area contributed by atoms with Gasteiger partial charge in [0.05, 0.1) is 5.69 Å². The van der Waals surface area contributed by atoms with E-state index in [2.05, 4.69) is 0 Å². The summed E-state index contributed by atoms with van der Waals surface area (Å²) in [4.78, 5) is 26.5. The first-order valence-electron chi connectivity index (χ1n) is 8.69. The molecule has 1 heterocycles. The first-order chi connectivity index (χ1) is 12.3. The number of amides is 1. The average Bonchev–Trinajstić information content (AvgIpc) is 2.59. The van der Waals surface area contributed by atoms with E-state index < -0.39 is 17.6 Å². The van der Waals surface area contributed by atoms with E-state index >= 15 is 0 Å². The van der Waals surface area contributed by atoms with E-state index in [1.54, 1.807) is 26.0 Å². The Balaban J connectivity index is 1.98. The Hall–Kier alpha value is -2.82. The van der Waals surface area contributed by atoms with Gasteiger partial charge in [0.25, 0.3) is 5.91 Å². The van der Waals surface area contributed by atoms with Crippen LogP contribution in [0.3, 0.4) is 0 Å². The van der Waals surface area contributed by atoms with E-state index in [4.69, 9.17) is 4.74 Å². The molecule has 0 fully saturated rings. The number of carboxylic acid groups (broad SMARTS) is 1. The van der Waals surface area contributed by atoms with Crippen molar-refractivity contribution in [1.82, 2.24) is 0 Å². The van der Waals surface area contributed by atoms with E-state index in [1.165, 1.54) is 4.90 Å². The predicted octanol–water partition coefficient (Wildman–Crippen LogP) is 3.59. The summed E-state index contributed by atoms with van der Waals surface area (Å²) in [5.74, 6) is -0.818. The standard InChI is InChI=1S/C21H23NO4/c1-14-9-12-18-17(13-14)22(20(25)21(2,3)26-18)16(19(23)24)11-10-15-7-5-4-6-8-15/h4-9,12-13,16H,10-11H2,1-3H3,(H,23,24). The molecule has 2 aromatic rings. The Kier molecular flexibility index (Phi) is 4.72. The Labute approximate surface area is 153 Å². The van der Waals surface area contributed by atoms with Crippen molar-refractivity contribution in [3.05, 3.63) is 59.7 Å². The summed E-state index contributed by atoms with van der Waals surface area (Å²) in [6, 6.07) is 14.2. The molecule has 0 bridgehead atoms. The molecule has 1 unspecified atom stereocenters. The largest absolute Gasteiger partial charge is 0.480 e. The first kappa shape index (κ1) is 18.0. The maximum Gasteiger partial charge on any atom is 0.326 e. The second-order valence-electron chi connectivity index (χ2n) is 7.14. The number of aryl methyl sites for hydroxylation is 2. The summed E-state index contributed by atoms with van der Waals surface area (Å²) in [5.41, 5.74) is 1.40. The minimum atomic E-state index is -1.11. The van der Waals surface area contributed by atoms with Crippen LogP contribution in [-0.2, 0) is 16.0 Å². The minimum Gasteiger partial charge on any atom is -0.480 e. The third-order valence-electron chi connectivity index (χ3n) is 4.62. The van der Waals surface area contributed by atoms with Crippen LogP contribution < -0.4 is 9.64 Å². The number of carbonyl (C=O) groups is 2. The maximum atomic E-state index is 13.0. The molecule has 0 aromatic heterocycles. The molecule has 5 nitrogen and oxygen atoms in total. The number of rotatable bonds is 5. The summed E-state index contributed by atoms with van der Waals surface area (Å²) in [6.45, 7) is 5.24. The van der Waals surface area contributed by atoms with Gasteiger partial charge in [-0.3, -0.25) is 9.69 Å². The second-order valence-corrected chi connectivity index (χ2v) is 7.14. The van der Waals surface area contributed by atoms with Crippen LogP contribution in [0.15, 0.2) is 48.5 Å². The van der Waals surface area contributed by atoms with Gasteiger partial charge in [0.15, 0.2) is 5.60 Å². The van der Waals surface area contributed by atoms with Gasteiger partial charge in [-0.1, -0.05) is 36.4 Å². The van der Waals surface area contributed by atoms with Crippen molar-refractivity contribution in [3.8, 4) is 5.75 Å². The van der Waals surface area contributed by atoms with Crippen LogP contribution in [0.5, 0.6) is 5.75 Å². The number of hydrogen-bond donors (Lipinski definition) is 1. The van der Waals surface area contributed by atoms with E-state index in [1.807, 2.05) is 43.3 Å². The topological polar surface area (TPSA) is 66.8 Å². The molecule has 0 aliphatic carbocycles. The highest BCUT2D eigenvalue weighted by molar-refractivity contribution is 6.06. The number of anilines is 1. The normalized spacial score (nSPS) is 16.6. The fourth-order valence-corrected chi connectivity index (χ4v) is 3.24. The molecule has 136 valence electrons. The third kappa shape index (κ3) is 3.43. The number of ether oxygens (including phenoxy) is 1. The van der Waals surface area contributed by atoms with Crippen molar-refractivity contribution in [3.63, 3.8) is 0 Å². The molecule has 1 aliphatic rings. The Morgan fingerprint density at radius 1 is 1.19 bits per heavy atom. The van der Waals surface area contributed by atoms with Gasteiger partial charge in [-0.25, -0.2) is 4.79 Å². The molecule has 3 rings (SSSR count). The fourth-order valence-electron chi connectivity index (χ4n) is 3.24. The molecular formula is C21H23NO4. The lowest BCUT2D eigenvalue weighted by atomic mass is 9.97. The van der Waals surface area contributed by atoms with E-state index in [0.717, 1.165) is 11.1 Å². The first-order valence-corrected chi connectivity index (χ1v) is 8.69. The monoisotopic (exact) mass is 353 g/mol. The molecule has 26 heavy (non-hydrogen) atoms. The van der Waals surface area contributed by atoms with Gasteiger partial charge in [-0.05, 0) is 56.9 Å². The number of hydrogen-bond acceptors (Lipinski definition) is 3. The molecule has 0 radical (unpaired) electrons. The molecule has 2 aromatic carbocycles. The van der Waals surface area contributed by atoms with Crippen LogP contribution in [0.25, 0.3) is 0 Å². The number of carboxylic acids is 1. The van der Waals surface area contributed by atoms with Gasteiger partial charge in [0, 0.05) is 0 Å². The summed E-state index contributed by atoms with van der Waals surface area (Å²) in [6.07, 6.45) is 0.901. The molecular weight excluding hydrogens is 330 g/mol. The van der Waals surface area contributed by atoms with Gasteiger partial charge >= 0.3 is 5.97 Å². The molecule has 0 spiro atoms. The van der Waals surface area contributed by atoms with Gasteiger partial charge in [-0.2, -0.15) is 0 Å². The molecule has 5 heteroatoms. The van der Waals surface area contributed by atoms with Crippen molar-refractivity contribution in [1.29, 1.82) is 0 Å². The highest BCUT2D eigenvalue weighted by Crippen LogP contribution is 2.40. The van der Waals surface area contributed by atoms with Crippen molar-refractivity contribution < 1.29 is 19.4 Å². The Morgan fingerprint density at radius 2 is 1.88 bits per heavy atom. The van der Waals surface area contributed by atoms with Crippen LogP contribution in [0.4, 0.5) is 5.69 Å². The van der Waals surface area contributed by atoms with Crippen molar-refractivity contribution >= 4 is 17.6 Å². The zero-order valence-electron chi connectivity index (χ0n) is 15.2. The molecule has 1 atom stereocenters. The third-order valence-corrected chi connectivity index (χ3v) is 4.62. The van der Waals surface area contributed by atoms with Crippen molar-refractivity contribution in [2.24, 2.45) is 0 Å². The van der Waals surface area contributed by atoms with Crippen LogP contribution >= 0.6 is 0 Å². The summed E-state index contributed by atoms with van der Waals surface area (Å²) in [5, 5.41) is 9.85. The highest BCUT2D eigenvalue weighted by atomic mass is 16.5. The Bertz CT molecular complexity index is 829. The lowest BCUT2D eigenvalue weighted by Crippen LogP contribution is -2.58. The lowest BCUT2D eigenvalue weighted by Gasteiger charge is -2.41. The zero-order chi connectivity index (χ0) is 18.9. The average molecular weight is 353 g/mol. The van der Waals surface area contributed by atoms with Gasteiger partial charge in [0.2, 0.25) is 0 Å². The molecule has 0 saturated carbocycles. The summed E-state index contributed by atoms with van der Waals surface area (Å²) >= 11 is 0. The van der Waals surface area contributed by atoms with Crippen molar-refractivity contribution in [2.45, 2.75) is 45.3 Å². The van der Waals surface area contributed by atoms with Crippen molar-refractivity contribution in [2.75, 3.05) is 4.90 Å². The fraction of sp³-hybridized carbons (Fsp3) is 0.333. The SMILES string of the molecule is Cc1ccc2c(c1)N(C(CCc1ccccc1)C(=O)O)C(=O)C(C)(C)O2. The van der Waals surface area contributed by atoms with Crippen LogP contribution in [0.2, 0.25) is 0 Å². The lowest BCUT2D eigenvalue weighted by molar-refractivity contribution is -0.143. The number of benzene rings is 2. The van der Waals surface area contributed by atoms with Crippen LogP contribution in [-0.4, -0.2) is 28.6 Å².